The molecule has 1 spiro atoms. The largest absolute Gasteiger partial charge is 0.378 e. The van der Waals surface area contributed by atoms with Crippen molar-refractivity contribution in [3.63, 3.8) is 0 Å². The van der Waals surface area contributed by atoms with E-state index in [9.17, 15) is 4.79 Å². The minimum atomic E-state index is -0.355. The van der Waals surface area contributed by atoms with Crippen LogP contribution in [0.15, 0.2) is 36.8 Å². The molecule has 0 bridgehead atoms. The molecule has 2 aromatic rings. The highest BCUT2D eigenvalue weighted by Crippen LogP contribution is 2.28. The number of pyridine rings is 1. The summed E-state index contributed by atoms with van der Waals surface area (Å²) in [5, 5.41) is 4.20. The Morgan fingerprint density at radius 2 is 2.25 bits per heavy atom. The zero-order chi connectivity index (χ0) is 16.4. The monoisotopic (exact) mass is 328 g/mol. The van der Waals surface area contributed by atoms with E-state index in [1.165, 1.54) is 0 Å². The first-order valence-electron chi connectivity index (χ1n) is 8.23. The van der Waals surface area contributed by atoms with Gasteiger partial charge in [0.25, 0.3) is 5.91 Å². The molecule has 0 N–H and O–H groups in total. The Kier molecular flexibility index (Phi) is 4.03. The van der Waals surface area contributed by atoms with Crippen LogP contribution < -0.4 is 0 Å². The average Bonchev–Trinajstić information content (AvgIpc) is 3.17. The number of nitrogens with zero attached hydrogens (tertiary/aromatic N) is 4. The Labute approximate surface area is 140 Å². The molecule has 126 valence electrons. The standard InChI is InChI=1S/C17H20N4O3/c22-16(15-11-14(3-6-18-15)21-7-2-5-19-21)20-8-10-24-17(12-20)4-1-9-23-13-17/h2-3,5-7,11H,1,4,8-10,12-13H2. The van der Waals surface area contributed by atoms with E-state index in [0.717, 1.165) is 25.1 Å². The zero-order valence-corrected chi connectivity index (χ0v) is 13.4. The summed E-state index contributed by atoms with van der Waals surface area (Å²) in [7, 11) is 0. The maximum Gasteiger partial charge on any atom is 0.272 e. The van der Waals surface area contributed by atoms with Crippen molar-refractivity contribution in [2.45, 2.75) is 18.4 Å². The van der Waals surface area contributed by atoms with Crippen molar-refractivity contribution >= 4 is 5.91 Å². The van der Waals surface area contributed by atoms with Crippen molar-refractivity contribution in [3.05, 3.63) is 42.5 Å². The highest BCUT2D eigenvalue weighted by atomic mass is 16.5. The van der Waals surface area contributed by atoms with Crippen LogP contribution in [0, 0.1) is 0 Å². The summed E-state index contributed by atoms with van der Waals surface area (Å²) in [5.74, 6) is -0.0720. The SMILES string of the molecule is O=C(c1cc(-n2cccn2)ccn1)N1CCOC2(CCCOC2)C1. The molecule has 24 heavy (non-hydrogen) atoms. The molecule has 0 radical (unpaired) electrons. The predicted octanol–water partition coefficient (Wildman–Crippen LogP) is 1.29. The van der Waals surface area contributed by atoms with Crippen molar-refractivity contribution in [2.75, 3.05) is 32.9 Å². The highest BCUT2D eigenvalue weighted by molar-refractivity contribution is 5.92. The first-order chi connectivity index (χ1) is 11.8. The van der Waals surface area contributed by atoms with Gasteiger partial charge in [-0.3, -0.25) is 9.78 Å². The lowest BCUT2D eigenvalue weighted by Crippen LogP contribution is -2.57. The summed E-state index contributed by atoms with van der Waals surface area (Å²) in [5.41, 5.74) is 0.894. The molecule has 1 unspecified atom stereocenters. The topological polar surface area (TPSA) is 69.5 Å². The van der Waals surface area contributed by atoms with Crippen LogP contribution in [-0.4, -0.2) is 64.1 Å². The predicted molar refractivity (Wildman–Crippen MR) is 86.0 cm³/mol. The molecular formula is C17H20N4O3. The highest BCUT2D eigenvalue weighted by Gasteiger charge is 2.40. The fraction of sp³-hybridized carbons (Fsp3) is 0.471. The van der Waals surface area contributed by atoms with Crippen molar-refractivity contribution in [1.29, 1.82) is 0 Å². The Bertz CT molecular complexity index is 705. The third-order valence-electron chi connectivity index (χ3n) is 4.55. The molecule has 2 aliphatic heterocycles. The molecule has 1 atom stereocenters. The van der Waals surface area contributed by atoms with E-state index in [-0.39, 0.29) is 11.5 Å². The molecular weight excluding hydrogens is 308 g/mol. The number of morpholine rings is 1. The summed E-state index contributed by atoms with van der Waals surface area (Å²) in [4.78, 5) is 19.0. The molecule has 2 saturated heterocycles. The van der Waals surface area contributed by atoms with Crippen LogP contribution in [0.5, 0.6) is 0 Å². The fourth-order valence-corrected chi connectivity index (χ4v) is 3.35. The molecule has 0 aliphatic carbocycles. The van der Waals surface area contributed by atoms with Crippen LogP contribution in [0.2, 0.25) is 0 Å². The Morgan fingerprint density at radius 1 is 1.29 bits per heavy atom. The fourth-order valence-electron chi connectivity index (χ4n) is 3.35. The van der Waals surface area contributed by atoms with Crippen LogP contribution >= 0.6 is 0 Å². The second kappa shape index (κ2) is 6.33. The summed E-state index contributed by atoms with van der Waals surface area (Å²) in [6, 6.07) is 5.45. The summed E-state index contributed by atoms with van der Waals surface area (Å²) in [6.45, 7) is 2.99. The zero-order valence-electron chi connectivity index (χ0n) is 13.4. The third kappa shape index (κ3) is 2.92. The number of aromatic nitrogens is 3. The van der Waals surface area contributed by atoms with Gasteiger partial charge in [-0.15, -0.1) is 0 Å². The van der Waals surface area contributed by atoms with Crippen molar-refractivity contribution < 1.29 is 14.3 Å². The number of ether oxygens (including phenoxy) is 2. The first-order valence-corrected chi connectivity index (χ1v) is 8.23. The summed E-state index contributed by atoms with van der Waals surface area (Å²) >= 11 is 0. The Balaban J connectivity index is 1.54. The average molecular weight is 328 g/mol. The van der Waals surface area contributed by atoms with Crippen LogP contribution in [-0.2, 0) is 9.47 Å². The van der Waals surface area contributed by atoms with E-state index in [1.807, 2.05) is 23.2 Å². The third-order valence-corrected chi connectivity index (χ3v) is 4.55. The lowest BCUT2D eigenvalue weighted by Gasteiger charge is -2.44. The van der Waals surface area contributed by atoms with Gasteiger partial charge in [-0.05, 0) is 31.0 Å². The Morgan fingerprint density at radius 3 is 3.04 bits per heavy atom. The Hall–Kier alpha value is -2.25. The van der Waals surface area contributed by atoms with Crippen LogP contribution in [0.25, 0.3) is 5.69 Å². The molecule has 1 amide bonds. The quantitative estimate of drug-likeness (QED) is 0.831. The molecule has 7 heteroatoms. The normalized spacial score (nSPS) is 24.2. The van der Waals surface area contributed by atoms with Gasteiger partial charge in [0.15, 0.2) is 0 Å². The van der Waals surface area contributed by atoms with Gasteiger partial charge in [-0.1, -0.05) is 0 Å². The molecule has 0 saturated carbocycles. The van der Waals surface area contributed by atoms with E-state index >= 15 is 0 Å². The number of hydrogen-bond donors (Lipinski definition) is 0. The van der Waals surface area contributed by atoms with E-state index < -0.39 is 0 Å². The van der Waals surface area contributed by atoms with Crippen molar-refractivity contribution in [3.8, 4) is 5.69 Å². The molecule has 2 aromatic heterocycles. The second-order valence-electron chi connectivity index (χ2n) is 6.26. The molecule has 2 aliphatic rings. The molecule has 4 rings (SSSR count). The van der Waals surface area contributed by atoms with E-state index in [1.54, 1.807) is 23.1 Å². The van der Waals surface area contributed by atoms with Crippen LogP contribution in [0.4, 0.5) is 0 Å². The van der Waals surface area contributed by atoms with Gasteiger partial charge in [0, 0.05) is 31.7 Å². The van der Waals surface area contributed by atoms with Gasteiger partial charge in [0.2, 0.25) is 0 Å². The lowest BCUT2D eigenvalue weighted by molar-refractivity contribution is -0.160. The van der Waals surface area contributed by atoms with Crippen molar-refractivity contribution in [2.24, 2.45) is 0 Å². The van der Waals surface area contributed by atoms with E-state index in [0.29, 0.717) is 32.0 Å². The number of carbonyl (C=O) groups excluding carboxylic acids is 1. The number of carbonyl (C=O) groups is 1. The van der Waals surface area contributed by atoms with Crippen LogP contribution in [0.3, 0.4) is 0 Å². The van der Waals surface area contributed by atoms with Gasteiger partial charge in [0.05, 0.1) is 25.4 Å². The van der Waals surface area contributed by atoms with Crippen LogP contribution in [0.1, 0.15) is 23.3 Å². The number of amides is 1. The number of rotatable bonds is 2. The van der Waals surface area contributed by atoms with Gasteiger partial charge in [-0.25, -0.2) is 4.68 Å². The van der Waals surface area contributed by atoms with E-state index in [4.69, 9.17) is 9.47 Å². The first kappa shape index (κ1) is 15.3. The van der Waals surface area contributed by atoms with Gasteiger partial charge >= 0.3 is 0 Å². The smallest absolute Gasteiger partial charge is 0.272 e. The number of hydrogen-bond acceptors (Lipinski definition) is 5. The maximum atomic E-state index is 12.9. The molecule has 7 nitrogen and oxygen atoms in total. The molecule has 0 aromatic carbocycles. The van der Waals surface area contributed by atoms with Gasteiger partial charge in [0.1, 0.15) is 11.3 Å². The minimum Gasteiger partial charge on any atom is -0.378 e. The second-order valence-corrected chi connectivity index (χ2v) is 6.26. The van der Waals surface area contributed by atoms with E-state index in [2.05, 4.69) is 10.1 Å². The summed E-state index contributed by atoms with van der Waals surface area (Å²) < 4.78 is 13.2. The van der Waals surface area contributed by atoms with Crippen molar-refractivity contribution in [1.82, 2.24) is 19.7 Å². The molecule has 2 fully saturated rings. The minimum absolute atomic E-state index is 0.0720. The maximum absolute atomic E-state index is 12.9. The van der Waals surface area contributed by atoms with Gasteiger partial charge < -0.3 is 14.4 Å². The van der Waals surface area contributed by atoms with Gasteiger partial charge in [-0.2, -0.15) is 5.10 Å². The lowest BCUT2D eigenvalue weighted by atomic mass is 9.94. The molecule has 4 heterocycles. The summed E-state index contributed by atoms with van der Waals surface area (Å²) in [6.07, 6.45) is 7.08.